The van der Waals surface area contributed by atoms with Gasteiger partial charge in [0.25, 0.3) is 0 Å². The Balaban J connectivity index is 1.06. The minimum Gasteiger partial charge on any atom is -0.228 e. The van der Waals surface area contributed by atoms with E-state index in [1.807, 2.05) is 6.07 Å². The second kappa shape index (κ2) is 12.1. The standard InChI is InChI=1S/C53H36N2/c1-53(2)48-32-38-17-7-6-16-37(38)31-47(48)51-49(53)50(54-52(55-51)33-14-4-3-5-15-33)40-21-13-20-36(29-40)34-18-12-19-35(28-34)39-26-27-45-43-24-9-8-22-41(43)42-23-10-11-25-44(42)46(45)30-39/h3-32H,1-2H3. The third-order valence-corrected chi connectivity index (χ3v) is 11.8. The van der Waals surface area contributed by atoms with Crippen LogP contribution in [-0.4, -0.2) is 9.97 Å². The fraction of sp³-hybridized carbons (Fsp3) is 0.0566. The highest BCUT2D eigenvalue weighted by Crippen LogP contribution is 2.52. The van der Waals surface area contributed by atoms with Crippen molar-refractivity contribution in [1.29, 1.82) is 0 Å². The first-order chi connectivity index (χ1) is 27.0. The van der Waals surface area contributed by atoms with Crippen molar-refractivity contribution in [3.05, 3.63) is 193 Å². The van der Waals surface area contributed by atoms with Gasteiger partial charge in [-0.3, -0.25) is 0 Å². The van der Waals surface area contributed by atoms with Crippen molar-refractivity contribution in [3.8, 4) is 56.2 Å². The summed E-state index contributed by atoms with van der Waals surface area (Å²) in [5.41, 5.74) is 12.2. The molecule has 258 valence electrons. The van der Waals surface area contributed by atoms with Gasteiger partial charge in [0, 0.05) is 27.7 Å². The summed E-state index contributed by atoms with van der Waals surface area (Å²) < 4.78 is 0. The van der Waals surface area contributed by atoms with Gasteiger partial charge in [-0.25, -0.2) is 9.97 Å². The molecule has 0 saturated carbocycles. The molecule has 0 unspecified atom stereocenters. The van der Waals surface area contributed by atoms with E-state index in [2.05, 4.69) is 190 Å². The lowest BCUT2D eigenvalue weighted by Crippen LogP contribution is -2.17. The summed E-state index contributed by atoms with van der Waals surface area (Å²) in [5, 5.41) is 10.2. The van der Waals surface area contributed by atoms with Gasteiger partial charge in [0.15, 0.2) is 5.82 Å². The lowest BCUT2D eigenvalue weighted by Gasteiger charge is -2.24. The Morgan fingerprint density at radius 3 is 1.47 bits per heavy atom. The third kappa shape index (κ3) is 4.95. The molecule has 2 nitrogen and oxygen atoms in total. The number of nitrogens with zero attached hydrogens (tertiary/aromatic N) is 2. The van der Waals surface area contributed by atoms with Crippen LogP contribution in [0, 0.1) is 0 Å². The van der Waals surface area contributed by atoms with Gasteiger partial charge in [-0.15, -0.1) is 0 Å². The third-order valence-electron chi connectivity index (χ3n) is 11.8. The molecular formula is C53H36N2. The number of benzene rings is 9. The SMILES string of the molecule is CC1(C)c2cc3ccccc3cc2-c2nc(-c3ccccc3)nc(-c3cccc(-c4cccc(-c5ccc6c7ccccc7c7ccccc7c6c5)c4)c3)c21. The maximum Gasteiger partial charge on any atom is 0.160 e. The second-order valence-corrected chi connectivity index (χ2v) is 15.4. The van der Waals surface area contributed by atoms with Crippen LogP contribution in [-0.2, 0) is 5.41 Å². The number of hydrogen-bond acceptors (Lipinski definition) is 2. The topological polar surface area (TPSA) is 25.8 Å². The van der Waals surface area contributed by atoms with Crippen molar-refractivity contribution < 1.29 is 0 Å². The Hall–Kier alpha value is -6.90. The Kier molecular flexibility index (Phi) is 6.93. The maximum atomic E-state index is 5.40. The van der Waals surface area contributed by atoms with Crippen LogP contribution in [0.4, 0.5) is 0 Å². The van der Waals surface area contributed by atoms with Crippen LogP contribution >= 0.6 is 0 Å². The van der Waals surface area contributed by atoms with Gasteiger partial charge >= 0.3 is 0 Å². The second-order valence-electron chi connectivity index (χ2n) is 15.4. The monoisotopic (exact) mass is 700 g/mol. The summed E-state index contributed by atoms with van der Waals surface area (Å²) in [6.07, 6.45) is 0. The predicted molar refractivity (Wildman–Crippen MR) is 231 cm³/mol. The van der Waals surface area contributed by atoms with Crippen molar-refractivity contribution >= 4 is 43.1 Å². The summed E-state index contributed by atoms with van der Waals surface area (Å²) in [6, 6.07) is 66.0. The van der Waals surface area contributed by atoms with Crippen LogP contribution in [0.2, 0.25) is 0 Å². The van der Waals surface area contributed by atoms with E-state index in [-0.39, 0.29) is 5.41 Å². The van der Waals surface area contributed by atoms with Crippen LogP contribution in [0.5, 0.6) is 0 Å². The van der Waals surface area contributed by atoms with Crippen LogP contribution in [0.1, 0.15) is 25.0 Å². The first-order valence-electron chi connectivity index (χ1n) is 19.1. The van der Waals surface area contributed by atoms with Crippen LogP contribution in [0.3, 0.4) is 0 Å². The largest absolute Gasteiger partial charge is 0.228 e. The summed E-state index contributed by atoms with van der Waals surface area (Å²) >= 11 is 0. The molecule has 0 spiro atoms. The minimum absolute atomic E-state index is 0.291. The Labute approximate surface area is 320 Å². The van der Waals surface area contributed by atoms with Gasteiger partial charge in [0.2, 0.25) is 0 Å². The quantitative estimate of drug-likeness (QED) is 0.171. The predicted octanol–water partition coefficient (Wildman–Crippen LogP) is 14.1. The number of rotatable bonds is 4. The van der Waals surface area contributed by atoms with E-state index in [9.17, 15) is 0 Å². The van der Waals surface area contributed by atoms with E-state index in [1.54, 1.807) is 0 Å². The maximum absolute atomic E-state index is 5.40. The number of fused-ring (bicyclic) bond motifs is 10. The fourth-order valence-corrected chi connectivity index (χ4v) is 9.07. The molecule has 0 radical (unpaired) electrons. The van der Waals surface area contributed by atoms with Crippen LogP contribution < -0.4 is 0 Å². The number of aromatic nitrogens is 2. The average Bonchev–Trinajstić information content (AvgIpc) is 3.47. The Morgan fingerprint density at radius 2 is 0.818 bits per heavy atom. The first-order valence-corrected chi connectivity index (χ1v) is 19.1. The molecule has 1 aromatic heterocycles. The summed E-state index contributed by atoms with van der Waals surface area (Å²) in [5.74, 6) is 0.746. The van der Waals surface area contributed by atoms with E-state index in [0.717, 1.165) is 33.9 Å². The molecule has 0 fully saturated rings. The molecule has 0 saturated heterocycles. The van der Waals surface area contributed by atoms with Gasteiger partial charge in [0.1, 0.15) is 0 Å². The van der Waals surface area contributed by atoms with Crippen molar-refractivity contribution in [2.45, 2.75) is 19.3 Å². The van der Waals surface area contributed by atoms with Gasteiger partial charge < -0.3 is 0 Å². The Bertz CT molecular complexity index is 3140. The molecule has 0 atom stereocenters. The van der Waals surface area contributed by atoms with Gasteiger partial charge in [-0.1, -0.05) is 166 Å². The molecule has 0 bridgehead atoms. The van der Waals surface area contributed by atoms with Crippen molar-refractivity contribution in [3.63, 3.8) is 0 Å². The highest BCUT2D eigenvalue weighted by atomic mass is 14.9. The van der Waals surface area contributed by atoms with Crippen LogP contribution in [0.25, 0.3) is 99.2 Å². The minimum atomic E-state index is -0.291. The molecule has 0 amide bonds. The van der Waals surface area contributed by atoms with Gasteiger partial charge in [-0.05, 0) is 101 Å². The van der Waals surface area contributed by atoms with E-state index in [0.29, 0.717) is 0 Å². The molecule has 11 rings (SSSR count). The molecule has 1 aliphatic carbocycles. The van der Waals surface area contributed by atoms with E-state index < -0.39 is 0 Å². The molecule has 0 N–H and O–H groups in total. The van der Waals surface area contributed by atoms with E-state index in [4.69, 9.17) is 9.97 Å². The smallest absolute Gasteiger partial charge is 0.160 e. The van der Waals surface area contributed by atoms with Gasteiger partial charge in [-0.2, -0.15) is 0 Å². The first kappa shape index (κ1) is 31.6. The van der Waals surface area contributed by atoms with Crippen molar-refractivity contribution in [2.75, 3.05) is 0 Å². The van der Waals surface area contributed by atoms with Crippen LogP contribution in [0.15, 0.2) is 182 Å². The van der Waals surface area contributed by atoms with E-state index in [1.165, 1.54) is 76.5 Å². The zero-order valence-corrected chi connectivity index (χ0v) is 30.7. The average molecular weight is 701 g/mol. The van der Waals surface area contributed by atoms with E-state index >= 15 is 0 Å². The molecule has 1 heterocycles. The lowest BCUT2D eigenvalue weighted by molar-refractivity contribution is 0.658. The summed E-state index contributed by atoms with van der Waals surface area (Å²) in [7, 11) is 0. The zero-order valence-electron chi connectivity index (χ0n) is 30.7. The molecule has 10 aromatic rings. The fourth-order valence-electron chi connectivity index (χ4n) is 9.07. The molecule has 0 aliphatic heterocycles. The molecule has 9 aromatic carbocycles. The summed E-state index contributed by atoms with van der Waals surface area (Å²) in [6.45, 7) is 4.65. The lowest BCUT2D eigenvalue weighted by atomic mass is 9.80. The normalized spacial score (nSPS) is 13.1. The molecule has 55 heavy (non-hydrogen) atoms. The zero-order chi connectivity index (χ0) is 36.7. The summed E-state index contributed by atoms with van der Waals surface area (Å²) in [4.78, 5) is 10.7. The molecule has 2 heteroatoms. The van der Waals surface area contributed by atoms with Crippen molar-refractivity contribution in [2.24, 2.45) is 0 Å². The van der Waals surface area contributed by atoms with Crippen molar-refractivity contribution in [1.82, 2.24) is 9.97 Å². The highest BCUT2D eigenvalue weighted by Gasteiger charge is 2.40. The van der Waals surface area contributed by atoms with Gasteiger partial charge in [0.05, 0.1) is 11.4 Å². The number of hydrogen-bond donors (Lipinski definition) is 0. The highest BCUT2D eigenvalue weighted by molar-refractivity contribution is 6.25. The molecular weight excluding hydrogens is 665 g/mol. The Morgan fingerprint density at radius 1 is 0.345 bits per heavy atom. The molecule has 1 aliphatic rings.